The zero-order valence-corrected chi connectivity index (χ0v) is 11.3. The van der Waals surface area contributed by atoms with Gasteiger partial charge in [-0.3, -0.25) is 0 Å². The number of hydrogen-bond donors (Lipinski definition) is 1. The van der Waals surface area contributed by atoms with Gasteiger partial charge in [-0.25, -0.2) is 8.42 Å². The van der Waals surface area contributed by atoms with Crippen LogP contribution in [0.1, 0.15) is 5.56 Å². The molecule has 0 amide bonds. The Bertz CT molecular complexity index is 791. The maximum atomic E-state index is 12.0. The first-order valence-corrected chi connectivity index (χ1v) is 7.58. The van der Waals surface area contributed by atoms with Crippen molar-refractivity contribution >= 4 is 15.4 Å². The van der Waals surface area contributed by atoms with Gasteiger partial charge in [-0.1, -0.05) is 24.3 Å². The fourth-order valence-electron chi connectivity index (χ4n) is 2.14. The van der Waals surface area contributed by atoms with Gasteiger partial charge in [-0.15, -0.1) is 0 Å². The van der Waals surface area contributed by atoms with Crippen LogP contribution in [0.4, 0.5) is 0 Å². The van der Waals surface area contributed by atoms with Gasteiger partial charge in [0.2, 0.25) is 9.84 Å². The van der Waals surface area contributed by atoms with Gasteiger partial charge in [-0.05, 0) is 18.2 Å². The Labute approximate surface area is 116 Å². The number of hydrogen-bond acceptors (Lipinski definition) is 4. The highest BCUT2D eigenvalue weighted by Gasteiger charge is 2.26. The molecule has 3 rings (SSSR count). The fraction of sp³-hybridized carbons (Fsp3) is 0.0667. The molecule has 0 saturated heterocycles. The summed E-state index contributed by atoms with van der Waals surface area (Å²) in [5, 5.41) is 10.6. The number of ether oxygens (including phenoxy) is 1. The van der Waals surface area contributed by atoms with Crippen molar-refractivity contribution in [2.75, 3.05) is 6.61 Å². The molecule has 0 saturated carbocycles. The van der Waals surface area contributed by atoms with E-state index in [2.05, 4.69) is 0 Å². The topological polar surface area (TPSA) is 63.6 Å². The van der Waals surface area contributed by atoms with E-state index >= 15 is 0 Å². The number of phenolic OH excluding ortho intramolecular Hbond substituents is 1. The highest BCUT2D eigenvalue weighted by atomic mass is 32.2. The number of rotatable bonds is 3. The summed E-state index contributed by atoms with van der Waals surface area (Å²) in [5.74, 6) is 0.601. The van der Waals surface area contributed by atoms with Gasteiger partial charge in [0.15, 0.2) is 0 Å². The number of benzene rings is 2. The van der Waals surface area contributed by atoms with E-state index in [1.807, 2.05) is 0 Å². The molecule has 4 nitrogen and oxygen atoms in total. The van der Waals surface area contributed by atoms with Gasteiger partial charge in [0.05, 0.1) is 4.90 Å². The molecule has 20 heavy (non-hydrogen) atoms. The van der Waals surface area contributed by atoms with Crippen molar-refractivity contribution in [1.82, 2.24) is 0 Å². The van der Waals surface area contributed by atoms with Crippen LogP contribution in [-0.2, 0) is 9.84 Å². The van der Waals surface area contributed by atoms with Gasteiger partial charge in [0.25, 0.3) is 0 Å². The van der Waals surface area contributed by atoms with Gasteiger partial charge < -0.3 is 9.84 Å². The third-order valence-corrected chi connectivity index (χ3v) is 4.61. The minimum atomic E-state index is -3.36. The van der Waals surface area contributed by atoms with E-state index in [-0.39, 0.29) is 12.4 Å². The molecule has 0 fully saturated rings. The lowest BCUT2D eigenvalue weighted by Gasteiger charge is -2.07. The van der Waals surface area contributed by atoms with Gasteiger partial charge in [0, 0.05) is 22.6 Å². The van der Waals surface area contributed by atoms with Crippen molar-refractivity contribution in [2.24, 2.45) is 0 Å². The molecule has 102 valence electrons. The van der Waals surface area contributed by atoms with Crippen LogP contribution in [0.25, 0.3) is 5.57 Å². The molecule has 5 heteroatoms. The molecule has 0 unspecified atom stereocenters. The number of aromatic hydroxyl groups is 1. The first-order valence-electron chi connectivity index (χ1n) is 6.03. The molecule has 1 heterocycles. The number of sulfone groups is 1. The van der Waals surface area contributed by atoms with Crippen LogP contribution in [-0.4, -0.2) is 20.1 Å². The molecule has 0 aliphatic carbocycles. The smallest absolute Gasteiger partial charge is 0.200 e. The van der Waals surface area contributed by atoms with E-state index in [9.17, 15) is 13.5 Å². The molecule has 0 spiro atoms. The summed E-state index contributed by atoms with van der Waals surface area (Å²) in [4.78, 5) is 0.314. The quantitative estimate of drug-likeness (QED) is 0.943. The van der Waals surface area contributed by atoms with E-state index < -0.39 is 9.84 Å². The van der Waals surface area contributed by atoms with Gasteiger partial charge >= 0.3 is 0 Å². The SMILES string of the molecule is O=S1(=O)C=C(COc2cccc(O)c2)c2ccccc21. The second-order valence-corrected chi connectivity index (χ2v) is 6.24. The van der Waals surface area contributed by atoms with E-state index in [1.54, 1.807) is 42.5 Å². The minimum absolute atomic E-state index is 0.107. The lowest BCUT2D eigenvalue weighted by molar-refractivity contribution is 0.366. The highest BCUT2D eigenvalue weighted by Crippen LogP contribution is 2.33. The van der Waals surface area contributed by atoms with E-state index in [4.69, 9.17) is 4.74 Å². The van der Waals surface area contributed by atoms with Crippen LogP contribution in [0.15, 0.2) is 58.8 Å². The summed E-state index contributed by atoms with van der Waals surface area (Å²) >= 11 is 0. The largest absolute Gasteiger partial charge is 0.508 e. The summed E-state index contributed by atoms with van der Waals surface area (Å²) in [6.07, 6.45) is 0. The molecule has 0 aromatic heterocycles. The fourth-order valence-corrected chi connectivity index (χ4v) is 3.61. The maximum absolute atomic E-state index is 12.0. The van der Waals surface area contributed by atoms with Crippen molar-refractivity contribution in [3.8, 4) is 11.5 Å². The van der Waals surface area contributed by atoms with Crippen LogP contribution in [0.3, 0.4) is 0 Å². The summed E-state index contributed by atoms with van der Waals surface area (Å²) in [6, 6.07) is 13.2. The molecule has 2 aromatic rings. The third-order valence-electron chi connectivity index (χ3n) is 3.05. The Morgan fingerprint density at radius 3 is 2.65 bits per heavy atom. The Morgan fingerprint density at radius 2 is 1.85 bits per heavy atom. The Hall–Kier alpha value is -2.27. The second kappa shape index (κ2) is 4.68. The molecule has 0 bridgehead atoms. The predicted molar refractivity (Wildman–Crippen MR) is 75.2 cm³/mol. The first kappa shape index (κ1) is 12.7. The van der Waals surface area contributed by atoms with Crippen molar-refractivity contribution in [3.63, 3.8) is 0 Å². The van der Waals surface area contributed by atoms with Crippen LogP contribution < -0.4 is 4.74 Å². The Balaban J connectivity index is 1.86. The zero-order chi connectivity index (χ0) is 14.2. The summed E-state index contributed by atoms with van der Waals surface area (Å²) in [7, 11) is -3.36. The van der Waals surface area contributed by atoms with Crippen LogP contribution in [0.2, 0.25) is 0 Å². The maximum Gasteiger partial charge on any atom is 0.200 e. The van der Waals surface area contributed by atoms with Crippen molar-refractivity contribution in [2.45, 2.75) is 4.90 Å². The Morgan fingerprint density at radius 1 is 1.05 bits per heavy atom. The Kier molecular flexibility index (Phi) is 2.99. The second-order valence-electron chi connectivity index (χ2n) is 4.47. The molecule has 0 radical (unpaired) electrons. The molecular weight excluding hydrogens is 276 g/mol. The molecule has 0 atom stereocenters. The highest BCUT2D eigenvalue weighted by molar-refractivity contribution is 7.95. The standard InChI is InChI=1S/C15H12O4S/c16-12-4-3-5-13(8-12)19-9-11-10-20(17,18)15-7-2-1-6-14(11)15/h1-8,10,16H,9H2. The van der Waals surface area contributed by atoms with Crippen molar-refractivity contribution < 1.29 is 18.3 Å². The van der Waals surface area contributed by atoms with E-state index in [1.165, 1.54) is 11.5 Å². The molecule has 1 aliphatic heterocycles. The lowest BCUT2D eigenvalue weighted by atomic mass is 10.1. The molecular formula is C15H12O4S. The predicted octanol–water partition coefficient (Wildman–Crippen LogP) is 2.60. The van der Waals surface area contributed by atoms with Crippen LogP contribution >= 0.6 is 0 Å². The average molecular weight is 288 g/mol. The average Bonchev–Trinajstić information content (AvgIpc) is 2.69. The molecule has 1 N–H and O–H groups in total. The summed E-state index contributed by atoms with van der Waals surface area (Å²) in [5.41, 5.74) is 1.29. The lowest BCUT2D eigenvalue weighted by Crippen LogP contribution is -1.99. The minimum Gasteiger partial charge on any atom is -0.508 e. The van der Waals surface area contributed by atoms with Gasteiger partial charge in [-0.2, -0.15) is 0 Å². The molecule has 1 aliphatic rings. The van der Waals surface area contributed by atoms with E-state index in [0.29, 0.717) is 21.8 Å². The van der Waals surface area contributed by atoms with Crippen LogP contribution in [0, 0.1) is 0 Å². The van der Waals surface area contributed by atoms with Crippen molar-refractivity contribution in [3.05, 3.63) is 59.5 Å². The van der Waals surface area contributed by atoms with Gasteiger partial charge in [0.1, 0.15) is 18.1 Å². The zero-order valence-electron chi connectivity index (χ0n) is 10.5. The monoisotopic (exact) mass is 288 g/mol. The van der Waals surface area contributed by atoms with Crippen LogP contribution in [0.5, 0.6) is 11.5 Å². The van der Waals surface area contributed by atoms with Crippen molar-refractivity contribution in [1.29, 1.82) is 0 Å². The van der Waals surface area contributed by atoms with E-state index in [0.717, 1.165) is 0 Å². The summed E-state index contributed by atoms with van der Waals surface area (Å²) < 4.78 is 29.4. The number of phenols is 1. The number of fused-ring (bicyclic) bond motifs is 1. The third kappa shape index (κ3) is 2.28. The first-order chi connectivity index (χ1) is 9.56. The molecule has 2 aromatic carbocycles. The summed E-state index contributed by atoms with van der Waals surface area (Å²) in [6.45, 7) is 0.139. The normalized spacial score (nSPS) is 15.5.